The predicted molar refractivity (Wildman–Crippen MR) is 45.6 cm³/mol. The molecule has 1 aromatic rings. The Bertz CT molecular complexity index is 180. The second-order valence-corrected chi connectivity index (χ2v) is 2.69. The third kappa shape index (κ3) is 3.04. The summed E-state index contributed by atoms with van der Waals surface area (Å²) < 4.78 is 0. The van der Waals surface area contributed by atoms with Crippen LogP contribution in [0.25, 0.3) is 0 Å². The van der Waals surface area contributed by atoms with Gasteiger partial charge in [0.25, 0.3) is 0 Å². The summed E-state index contributed by atoms with van der Waals surface area (Å²) in [7, 11) is 4.10. The smallest absolute Gasteiger partial charge is 0.147 e. The fraction of sp³-hybridized carbons (Fsp3) is 0.571. The van der Waals surface area contributed by atoms with Crippen molar-refractivity contribution in [2.45, 2.75) is 0 Å². The van der Waals surface area contributed by atoms with E-state index in [9.17, 15) is 0 Å². The maximum atomic E-state index is 3.96. The maximum Gasteiger partial charge on any atom is 0.147 e. The minimum Gasteiger partial charge on any atom is -0.367 e. The summed E-state index contributed by atoms with van der Waals surface area (Å²) in [5.41, 5.74) is 0. The molecule has 2 N–H and O–H groups in total. The molecule has 0 aliphatic heterocycles. The van der Waals surface area contributed by atoms with Crippen molar-refractivity contribution in [2.75, 3.05) is 32.5 Å². The molecule has 0 saturated carbocycles. The lowest BCUT2D eigenvalue weighted by atomic mass is 10.5. The normalized spacial score (nSPS) is 10.5. The van der Waals surface area contributed by atoms with Gasteiger partial charge in [0, 0.05) is 19.3 Å². The second-order valence-electron chi connectivity index (χ2n) is 2.69. The molecule has 1 heterocycles. The van der Waals surface area contributed by atoms with Gasteiger partial charge in [0.2, 0.25) is 0 Å². The van der Waals surface area contributed by atoms with Crippen molar-refractivity contribution in [3.63, 3.8) is 0 Å². The van der Waals surface area contributed by atoms with Crippen LogP contribution in [0.5, 0.6) is 0 Å². The fourth-order valence-electron chi connectivity index (χ4n) is 0.766. The van der Waals surface area contributed by atoms with Gasteiger partial charge in [0.05, 0.1) is 0 Å². The Morgan fingerprint density at radius 2 is 2.45 bits per heavy atom. The van der Waals surface area contributed by atoms with Gasteiger partial charge in [-0.3, -0.25) is 5.10 Å². The molecule has 0 unspecified atom stereocenters. The average Bonchev–Trinajstić information content (AvgIpc) is 2.39. The number of aromatic nitrogens is 2. The van der Waals surface area contributed by atoms with Crippen molar-refractivity contribution in [3.8, 4) is 0 Å². The summed E-state index contributed by atoms with van der Waals surface area (Å²) in [4.78, 5) is 2.12. The number of anilines is 1. The summed E-state index contributed by atoms with van der Waals surface area (Å²) in [6.07, 6.45) is 1.80. The van der Waals surface area contributed by atoms with E-state index < -0.39 is 0 Å². The van der Waals surface area contributed by atoms with E-state index in [-0.39, 0.29) is 0 Å². The van der Waals surface area contributed by atoms with E-state index in [0.29, 0.717) is 0 Å². The molecule has 1 aromatic heterocycles. The number of rotatable bonds is 4. The molecule has 0 aromatic carbocycles. The van der Waals surface area contributed by atoms with Gasteiger partial charge in [-0.2, -0.15) is 5.10 Å². The maximum absolute atomic E-state index is 3.96. The Balaban J connectivity index is 2.14. The van der Waals surface area contributed by atoms with E-state index in [1.807, 2.05) is 20.2 Å². The standard InChI is InChI=1S/C7H14N4/c1-11(2)6-5-8-7-3-4-9-10-7/h3-4H,5-6H2,1-2H3,(H2,8,9,10). The highest BCUT2D eigenvalue weighted by molar-refractivity contribution is 5.31. The molecule has 4 nitrogen and oxygen atoms in total. The number of hydrogen-bond acceptors (Lipinski definition) is 3. The lowest BCUT2D eigenvalue weighted by Gasteiger charge is -2.08. The lowest BCUT2D eigenvalue weighted by molar-refractivity contribution is 0.425. The number of aromatic amines is 1. The zero-order chi connectivity index (χ0) is 8.10. The SMILES string of the molecule is CN(C)CCNc1cc[nH]n1. The molecule has 62 valence electrons. The molecular weight excluding hydrogens is 140 g/mol. The summed E-state index contributed by atoms with van der Waals surface area (Å²) in [5, 5.41) is 9.87. The zero-order valence-corrected chi connectivity index (χ0v) is 6.96. The van der Waals surface area contributed by atoms with Gasteiger partial charge >= 0.3 is 0 Å². The van der Waals surface area contributed by atoms with Crippen LogP contribution in [-0.2, 0) is 0 Å². The first-order chi connectivity index (χ1) is 5.29. The van der Waals surface area contributed by atoms with Gasteiger partial charge in [0.15, 0.2) is 0 Å². The largest absolute Gasteiger partial charge is 0.367 e. The van der Waals surface area contributed by atoms with Crippen molar-refractivity contribution < 1.29 is 0 Å². The van der Waals surface area contributed by atoms with E-state index >= 15 is 0 Å². The number of likely N-dealkylation sites (N-methyl/N-ethyl adjacent to an activating group) is 1. The van der Waals surface area contributed by atoms with Gasteiger partial charge < -0.3 is 10.2 Å². The van der Waals surface area contributed by atoms with Crippen LogP contribution in [0.4, 0.5) is 5.82 Å². The van der Waals surface area contributed by atoms with Crippen LogP contribution in [0.2, 0.25) is 0 Å². The first kappa shape index (κ1) is 8.07. The van der Waals surface area contributed by atoms with Gasteiger partial charge in [-0.25, -0.2) is 0 Å². The highest BCUT2D eigenvalue weighted by Gasteiger charge is 1.92. The van der Waals surface area contributed by atoms with Crippen LogP contribution in [0, 0.1) is 0 Å². The molecule has 0 spiro atoms. The van der Waals surface area contributed by atoms with Crippen LogP contribution >= 0.6 is 0 Å². The first-order valence-corrected chi connectivity index (χ1v) is 3.67. The van der Waals surface area contributed by atoms with Crippen molar-refractivity contribution in [2.24, 2.45) is 0 Å². The molecule has 0 atom stereocenters. The molecule has 0 radical (unpaired) electrons. The Morgan fingerprint density at radius 1 is 1.64 bits per heavy atom. The van der Waals surface area contributed by atoms with Crippen LogP contribution in [0.1, 0.15) is 0 Å². The summed E-state index contributed by atoms with van der Waals surface area (Å²) in [6.45, 7) is 1.95. The average molecular weight is 154 g/mol. The van der Waals surface area contributed by atoms with Crippen LogP contribution < -0.4 is 5.32 Å². The molecule has 11 heavy (non-hydrogen) atoms. The highest BCUT2D eigenvalue weighted by atomic mass is 15.2. The van der Waals surface area contributed by atoms with Gasteiger partial charge in [-0.05, 0) is 20.2 Å². The monoisotopic (exact) mass is 154 g/mol. The summed E-state index contributed by atoms with van der Waals surface area (Å²) >= 11 is 0. The number of nitrogens with zero attached hydrogens (tertiary/aromatic N) is 2. The van der Waals surface area contributed by atoms with E-state index in [1.165, 1.54) is 0 Å². The molecule has 4 heteroatoms. The number of hydrogen-bond donors (Lipinski definition) is 2. The molecule has 0 aliphatic rings. The molecule has 0 fully saturated rings. The zero-order valence-electron chi connectivity index (χ0n) is 6.96. The number of nitrogens with one attached hydrogen (secondary N) is 2. The van der Waals surface area contributed by atoms with Crippen molar-refractivity contribution in [1.29, 1.82) is 0 Å². The molecule has 0 aliphatic carbocycles. The van der Waals surface area contributed by atoms with Crippen molar-refractivity contribution in [3.05, 3.63) is 12.3 Å². The Kier molecular flexibility index (Phi) is 2.92. The molecule has 0 saturated heterocycles. The van der Waals surface area contributed by atoms with Gasteiger partial charge in [-0.15, -0.1) is 0 Å². The molecular formula is C7H14N4. The molecule has 0 bridgehead atoms. The quantitative estimate of drug-likeness (QED) is 0.659. The summed E-state index contributed by atoms with van der Waals surface area (Å²) in [5.74, 6) is 0.909. The van der Waals surface area contributed by atoms with E-state index in [2.05, 4.69) is 20.4 Å². The van der Waals surface area contributed by atoms with E-state index in [0.717, 1.165) is 18.9 Å². The van der Waals surface area contributed by atoms with Crippen molar-refractivity contribution >= 4 is 5.82 Å². The minimum atomic E-state index is 0.909. The molecule has 1 rings (SSSR count). The summed E-state index contributed by atoms with van der Waals surface area (Å²) in [6, 6.07) is 1.91. The highest BCUT2D eigenvalue weighted by Crippen LogP contribution is 1.96. The van der Waals surface area contributed by atoms with Crippen LogP contribution in [-0.4, -0.2) is 42.3 Å². The molecule has 0 amide bonds. The fourth-order valence-corrected chi connectivity index (χ4v) is 0.766. The van der Waals surface area contributed by atoms with Gasteiger partial charge in [0.1, 0.15) is 5.82 Å². The third-order valence-corrected chi connectivity index (χ3v) is 1.37. The number of H-pyrrole nitrogens is 1. The predicted octanol–water partition coefficient (Wildman–Crippen LogP) is 0.383. The van der Waals surface area contributed by atoms with E-state index in [4.69, 9.17) is 0 Å². The Labute approximate surface area is 66.6 Å². The Hall–Kier alpha value is -1.03. The van der Waals surface area contributed by atoms with Crippen LogP contribution in [0.3, 0.4) is 0 Å². The lowest BCUT2D eigenvalue weighted by Crippen LogP contribution is -2.20. The third-order valence-electron chi connectivity index (χ3n) is 1.37. The Morgan fingerprint density at radius 3 is 3.00 bits per heavy atom. The van der Waals surface area contributed by atoms with Crippen LogP contribution in [0.15, 0.2) is 12.3 Å². The van der Waals surface area contributed by atoms with Gasteiger partial charge in [-0.1, -0.05) is 0 Å². The second kappa shape index (κ2) is 3.98. The minimum absolute atomic E-state index is 0.909. The first-order valence-electron chi connectivity index (χ1n) is 3.67. The van der Waals surface area contributed by atoms with Crippen molar-refractivity contribution in [1.82, 2.24) is 15.1 Å². The van der Waals surface area contributed by atoms with E-state index in [1.54, 1.807) is 6.20 Å². The topological polar surface area (TPSA) is 44.0 Å².